The van der Waals surface area contributed by atoms with Crippen molar-refractivity contribution in [1.29, 1.82) is 0 Å². The summed E-state index contributed by atoms with van der Waals surface area (Å²) < 4.78 is 24.9. The minimum Gasteiger partial charge on any atom is -0.392 e. The first-order valence-electron chi connectivity index (χ1n) is 3.83. The second kappa shape index (κ2) is 4.52. The van der Waals surface area contributed by atoms with Crippen molar-refractivity contribution >= 4 is 17.4 Å². The Morgan fingerprint density at radius 3 is 2.64 bits per heavy atom. The highest BCUT2D eigenvalue weighted by Crippen LogP contribution is 2.26. The maximum Gasteiger partial charge on any atom is 0.280 e. The third-order valence-electron chi connectivity index (χ3n) is 1.78. The first kappa shape index (κ1) is 11.1. The van der Waals surface area contributed by atoms with E-state index in [1.54, 1.807) is 0 Å². The number of nitrogen functional groups attached to an aromatic ring is 1. The van der Waals surface area contributed by atoms with Gasteiger partial charge < -0.3 is 10.8 Å². The number of alkyl halides is 3. The third-order valence-corrected chi connectivity index (χ3v) is 2.05. The number of aliphatic hydroxyl groups is 1. The van der Waals surface area contributed by atoms with Crippen LogP contribution in [0.3, 0.4) is 0 Å². The number of anilines is 1. The van der Waals surface area contributed by atoms with E-state index in [2.05, 4.69) is 4.98 Å². The van der Waals surface area contributed by atoms with E-state index in [4.69, 9.17) is 22.4 Å². The fourth-order valence-corrected chi connectivity index (χ4v) is 1.45. The molecule has 3 nitrogen and oxygen atoms in total. The molecular formula is C8H9ClF2N2O. The van der Waals surface area contributed by atoms with E-state index in [0.717, 1.165) is 0 Å². The number of rotatable bonds is 3. The summed E-state index contributed by atoms with van der Waals surface area (Å²) in [5.41, 5.74) is 5.29. The molecule has 0 spiro atoms. The summed E-state index contributed by atoms with van der Waals surface area (Å²) in [5, 5.41) is 8.89. The van der Waals surface area contributed by atoms with Gasteiger partial charge in [-0.2, -0.15) is 0 Å². The van der Waals surface area contributed by atoms with Crippen molar-refractivity contribution in [3.8, 4) is 0 Å². The van der Waals surface area contributed by atoms with E-state index in [-0.39, 0.29) is 23.9 Å². The lowest BCUT2D eigenvalue weighted by Gasteiger charge is -2.10. The lowest BCUT2D eigenvalue weighted by atomic mass is 10.1. The van der Waals surface area contributed by atoms with Gasteiger partial charge in [-0.3, -0.25) is 0 Å². The highest BCUT2D eigenvalue weighted by atomic mass is 35.5. The van der Waals surface area contributed by atoms with Crippen LogP contribution in [0, 0.1) is 0 Å². The fraction of sp³-hybridized carbons (Fsp3) is 0.375. The van der Waals surface area contributed by atoms with Crippen LogP contribution in [-0.4, -0.2) is 10.1 Å². The molecule has 0 atom stereocenters. The molecule has 78 valence electrons. The maximum atomic E-state index is 12.5. The van der Waals surface area contributed by atoms with Crippen molar-refractivity contribution in [2.75, 3.05) is 5.73 Å². The second-order valence-electron chi connectivity index (χ2n) is 2.66. The van der Waals surface area contributed by atoms with Gasteiger partial charge in [0.25, 0.3) is 6.43 Å². The average molecular weight is 223 g/mol. The average Bonchev–Trinajstić information content (AvgIpc) is 2.16. The van der Waals surface area contributed by atoms with Gasteiger partial charge in [0, 0.05) is 5.88 Å². The SMILES string of the molecule is Nc1cc(CO)c(CCl)c(C(F)F)n1. The van der Waals surface area contributed by atoms with E-state index >= 15 is 0 Å². The maximum absolute atomic E-state index is 12.5. The van der Waals surface area contributed by atoms with Gasteiger partial charge in [0.15, 0.2) is 0 Å². The van der Waals surface area contributed by atoms with Gasteiger partial charge in [0.2, 0.25) is 0 Å². The number of aliphatic hydroxyl groups excluding tert-OH is 1. The van der Waals surface area contributed by atoms with Gasteiger partial charge in [-0.15, -0.1) is 11.6 Å². The van der Waals surface area contributed by atoms with Crippen LogP contribution in [0.1, 0.15) is 23.2 Å². The largest absolute Gasteiger partial charge is 0.392 e. The Kier molecular flexibility index (Phi) is 3.60. The molecule has 0 radical (unpaired) electrons. The molecule has 1 aromatic rings. The van der Waals surface area contributed by atoms with Gasteiger partial charge in [-0.1, -0.05) is 0 Å². The van der Waals surface area contributed by atoms with Crippen LogP contribution >= 0.6 is 11.6 Å². The van der Waals surface area contributed by atoms with Gasteiger partial charge in [0.05, 0.1) is 6.61 Å². The predicted molar refractivity (Wildman–Crippen MR) is 49.1 cm³/mol. The minimum atomic E-state index is -2.74. The molecule has 14 heavy (non-hydrogen) atoms. The molecule has 0 aromatic carbocycles. The Morgan fingerprint density at radius 2 is 2.21 bits per heavy atom. The number of halogens is 3. The van der Waals surface area contributed by atoms with E-state index in [1.165, 1.54) is 6.07 Å². The number of hydrogen-bond acceptors (Lipinski definition) is 3. The van der Waals surface area contributed by atoms with Crippen molar-refractivity contribution in [1.82, 2.24) is 4.98 Å². The molecule has 1 rings (SSSR count). The third kappa shape index (κ3) is 2.10. The van der Waals surface area contributed by atoms with Crippen LogP contribution in [0.15, 0.2) is 6.07 Å². The zero-order valence-electron chi connectivity index (χ0n) is 7.17. The van der Waals surface area contributed by atoms with Gasteiger partial charge in [-0.05, 0) is 17.2 Å². The quantitative estimate of drug-likeness (QED) is 0.768. The molecule has 0 saturated carbocycles. The summed E-state index contributed by atoms with van der Waals surface area (Å²) >= 11 is 5.49. The summed E-state index contributed by atoms with van der Waals surface area (Å²) in [6.07, 6.45) is -2.74. The predicted octanol–water partition coefficient (Wildman–Crippen LogP) is 1.83. The summed E-state index contributed by atoms with van der Waals surface area (Å²) in [6, 6.07) is 1.34. The Morgan fingerprint density at radius 1 is 1.57 bits per heavy atom. The first-order chi connectivity index (χ1) is 6.60. The molecule has 0 unspecified atom stereocenters. The summed E-state index contributed by atoms with van der Waals surface area (Å²) in [4.78, 5) is 3.48. The van der Waals surface area contributed by atoms with Crippen LogP contribution in [-0.2, 0) is 12.5 Å². The minimum absolute atomic E-state index is 0.0433. The summed E-state index contributed by atoms with van der Waals surface area (Å²) in [7, 11) is 0. The van der Waals surface area contributed by atoms with Crippen molar-refractivity contribution in [3.63, 3.8) is 0 Å². The molecule has 0 aliphatic heterocycles. The van der Waals surface area contributed by atoms with Gasteiger partial charge in [0.1, 0.15) is 11.5 Å². The van der Waals surface area contributed by atoms with Crippen molar-refractivity contribution in [2.24, 2.45) is 0 Å². The highest BCUT2D eigenvalue weighted by molar-refractivity contribution is 6.17. The second-order valence-corrected chi connectivity index (χ2v) is 2.93. The Hall–Kier alpha value is -0.940. The Labute approximate surface area is 84.5 Å². The van der Waals surface area contributed by atoms with E-state index in [0.29, 0.717) is 5.56 Å². The Balaban J connectivity index is 3.31. The lowest BCUT2D eigenvalue weighted by Crippen LogP contribution is -2.05. The van der Waals surface area contributed by atoms with Crippen LogP contribution in [0.5, 0.6) is 0 Å². The Bertz CT molecular complexity index is 333. The van der Waals surface area contributed by atoms with E-state index < -0.39 is 12.1 Å². The zero-order chi connectivity index (χ0) is 10.7. The number of nitrogens with two attached hydrogens (primary N) is 1. The van der Waals surface area contributed by atoms with Crippen molar-refractivity contribution in [2.45, 2.75) is 18.9 Å². The van der Waals surface area contributed by atoms with E-state index in [9.17, 15) is 8.78 Å². The number of pyridine rings is 1. The molecule has 0 fully saturated rings. The molecule has 6 heteroatoms. The number of aromatic nitrogens is 1. The highest BCUT2D eigenvalue weighted by Gasteiger charge is 2.18. The normalized spacial score (nSPS) is 10.9. The fourth-order valence-electron chi connectivity index (χ4n) is 1.14. The van der Waals surface area contributed by atoms with Crippen LogP contribution in [0.2, 0.25) is 0 Å². The molecular weight excluding hydrogens is 214 g/mol. The van der Waals surface area contributed by atoms with Crippen molar-refractivity contribution in [3.05, 3.63) is 22.9 Å². The molecule has 0 bridgehead atoms. The molecule has 0 aliphatic rings. The van der Waals surface area contributed by atoms with Crippen LogP contribution < -0.4 is 5.73 Å². The van der Waals surface area contributed by atoms with Gasteiger partial charge in [-0.25, -0.2) is 13.8 Å². The number of hydrogen-bond donors (Lipinski definition) is 2. The molecule has 0 aliphatic carbocycles. The smallest absolute Gasteiger partial charge is 0.280 e. The van der Waals surface area contributed by atoms with Gasteiger partial charge >= 0.3 is 0 Å². The first-order valence-corrected chi connectivity index (χ1v) is 4.36. The monoisotopic (exact) mass is 222 g/mol. The van der Waals surface area contributed by atoms with Crippen LogP contribution in [0.25, 0.3) is 0 Å². The molecule has 3 N–H and O–H groups in total. The summed E-state index contributed by atoms with van der Waals surface area (Å²) in [6.45, 7) is -0.380. The lowest BCUT2D eigenvalue weighted by molar-refractivity contribution is 0.145. The standard InChI is InChI=1S/C8H9ClF2N2O/c9-2-5-4(3-14)1-6(12)13-7(5)8(10)11/h1,8,14H,2-3H2,(H2,12,13). The topological polar surface area (TPSA) is 59.1 Å². The number of nitrogens with zero attached hydrogens (tertiary/aromatic N) is 1. The summed E-state index contributed by atoms with van der Waals surface area (Å²) in [5.74, 6) is -0.165. The molecule has 1 heterocycles. The van der Waals surface area contributed by atoms with Crippen LogP contribution in [0.4, 0.5) is 14.6 Å². The zero-order valence-corrected chi connectivity index (χ0v) is 7.93. The molecule has 0 saturated heterocycles. The molecule has 1 aromatic heterocycles. The van der Waals surface area contributed by atoms with Crippen molar-refractivity contribution < 1.29 is 13.9 Å². The van der Waals surface area contributed by atoms with E-state index in [1.807, 2.05) is 0 Å². The molecule has 0 amide bonds.